The zero-order valence-corrected chi connectivity index (χ0v) is 15.0. The summed E-state index contributed by atoms with van der Waals surface area (Å²) in [6.07, 6.45) is 4.95. The van der Waals surface area contributed by atoms with Crippen molar-refractivity contribution in [3.8, 4) is 0 Å². The van der Waals surface area contributed by atoms with Gasteiger partial charge in [0, 0.05) is 25.3 Å². The van der Waals surface area contributed by atoms with E-state index in [0.29, 0.717) is 6.54 Å². The van der Waals surface area contributed by atoms with Crippen molar-refractivity contribution in [3.05, 3.63) is 29.3 Å². The lowest BCUT2D eigenvalue weighted by atomic mass is 9.79. The molecule has 134 valence electrons. The Morgan fingerprint density at radius 3 is 2.96 bits per heavy atom. The molecule has 5 nitrogen and oxygen atoms in total. The molecule has 0 saturated carbocycles. The van der Waals surface area contributed by atoms with Crippen LogP contribution in [0.25, 0.3) is 0 Å². The molecular formula is C20H27N3O2. The fourth-order valence-electron chi connectivity index (χ4n) is 4.67. The summed E-state index contributed by atoms with van der Waals surface area (Å²) in [6, 6.07) is 6.37. The van der Waals surface area contributed by atoms with Gasteiger partial charge in [0.05, 0.1) is 12.0 Å². The van der Waals surface area contributed by atoms with E-state index < -0.39 is 0 Å². The molecule has 1 N–H and O–H groups in total. The van der Waals surface area contributed by atoms with Gasteiger partial charge in [0.1, 0.15) is 0 Å². The molecule has 5 heteroatoms. The molecule has 0 radical (unpaired) electrons. The van der Waals surface area contributed by atoms with Gasteiger partial charge in [-0.2, -0.15) is 0 Å². The number of nitrogens with zero attached hydrogens (tertiary/aromatic N) is 2. The lowest BCUT2D eigenvalue weighted by molar-refractivity contribution is -0.133. The van der Waals surface area contributed by atoms with Gasteiger partial charge in [-0.05, 0) is 57.2 Å². The van der Waals surface area contributed by atoms with Gasteiger partial charge < -0.3 is 10.2 Å². The smallest absolute Gasteiger partial charge is 0.241 e. The predicted octanol–water partition coefficient (Wildman–Crippen LogP) is 1.88. The Bertz CT molecular complexity index is 702. The zero-order valence-electron chi connectivity index (χ0n) is 15.0. The third kappa shape index (κ3) is 3.06. The van der Waals surface area contributed by atoms with Crippen LogP contribution in [-0.2, 0) is 16.0 Å². The van der Waals surface area contributed by atoms with E-state index in [1.165, 1.54) is 11.1 Å². The highest BCUT2D eigenvalue weighted by molar-refractivity contribution is 5.96. The van der Waals surface area contributed by atoms with Gasteiger partial charge in [-0.25, -0.2) is 0 Å². The van der Waals surface area contributed by atoms with Crippen LogP contribution in [0.2, 0.25) is 0 Å². The molecule has 2 fully saturated rings. The summed E-state index contributed by atoms with van der Waals surface area (Å²) in [6.45, 7) is 5.67. The number of carbonyl (C=O) groups excluding carboxylic acids is 2. The third-order valence-electron chi connectivity index (χ3n) is 6.05. The Balaban J connectivity index is 1.44. The van der Waals surface area contributed by atoms with E-state index >= 15 is 0 Å². The quantitative estimate of drug-likeness (QED) is 0.894. The van der Waals surface area contributed by atoms with Crippen molar-refractivity contribution in [1.29, 1.82) is 0 Å². The Kier molecular flexibility index (Phi) is 4.28. The molecule has 3 aliphatic heterocycles. The van der Waals surface area contributed by atoms with Gasteiger partial charge in [-0.1, -0.05) is 17.7 Å². The van der Waals surface area contributed by atoms with Gasteiger partial charge in [-0.15, -0.1) is 0 Å². The molecule has 0 aromatic heterocycles. The van der Waals surface area contributed by atoms with Crippen LogP contribution in [0.3, 0.4) is 0 Å². The van der Waals surface area contributed by atoms with Crippen molar-refractivity contribution in [2.24, 2.45) is 5.41 Å². The number of piperidine rings is 1. The van der Waals surface area contributed by atoms with Gasteiger partial charge in [0.15, 0.2) is 0 Å². The number of fused-ring (bicyclic) bond motifs is 1. The number of nitrogens with one attached hydrogen (secondary N) is 1. The van der Waals surface area contributed by atoms with E-state index in [-0.39, 0.29) is 17.2 Å². The number of likely N-dealkylation sites (tertiary alicyclic amines) is 1. The SMILES string of the molecule is Cc1ccc2c(c1)CCCN2C(=O)CN1CC[C@@]2(CCCNC2=O)C1. The fourth-order valence-corrected chi connectivity index (χ4v) is 4.67. The summed E-state index contributed by atoms with van der Waals surface area (Å²) >= 11 is 0. The summed E-state index contributed by atoms with van der Waals surface area (Å²) in [4.78, 5) is 29.4. The van der Waals surface area contributed by atoms with Crippen LogP contribution in [0.1, 0.15) is 36.8 Å². The number of benzene rings is 1. The van der Waals surface area contributed by atoms with Crippen LogP contribution in [0.4, 0.5) is 5.69 Å². The summed E-state index contributed by atoms with van der Waals surface area (Å²) in [5.41, 5.74) is 3.35. The van der Waals surface area contributed by atoms with E-state index in [4.69, 9.17) is 0 Å². The van der Waals surface area contributed by atoms with Crippen molar-refractivity contribution < 1.29 is 9.59 Å². The van der Waals surface area contributed by atoms with Crippen molar-refractivity contribution in [3.63, 3.8) is 0 Å². The zero-order chi connectivity index (χ0) is 17.4. The van der Waals surface area contributed by atoms with Gasteiger partial charge in [0.2, 0.25) is 11.8 Å². The second-order valence-corrected chi connectivity index (χ2v) is 7.88. The molecule has 2 saturated heterocycles. The second-order valence-electron chi connectivity index (χ2n) is 7.88. The lowest BCUT2D eigenvalue weighted by Crippen LogP contribution is -2.48. The maximum Gasteiger partial charge on any atom is 0.241 e. The number of hydrogen-bond acceptors (Lipinski definition) is 3. The molecule has 4 rings (SSSR count). The van der Waals surface area contributed by atoms with Gasteiger partial charge in [0.25, 0.3) is 0 Å². The number of rotatable bonds is 2. The minimum atomic E-state index is -0.255. The van der Waals surface area contributed by atoms with Crippen molar-refractivity contribution in [2.45, 2.75) is 39.0 Å². The number of amides is 2. The summed E-state index contributed by atoms with van der Waals surface area (Å²) in [7, 11) is 0. The monoisotopic (exact) mass is 341 g/mol. The summed E-state index contributed by atoms with van der Waals surface area (Å²) in [5.74, 6) is 0.352. The third-order valence-corrected chi connectivity index (χ3v) is 6.05. The van der Waals surface area contributed by atoms with E-state index in [1.807, 2.05) is 4.90 Å². The molecule has 1 spiro atoms. The van der Waals surface area contributed by atoms with Gasteiger partial charge in [-0.3, -0.25) is 14.5 Å². The molecule has 0 unspecified atom stereocenters. The number of anilines is 1. The fraction of sp³-hybridized carbons (Fsp3) is 0.600. The Morgan fingerprint density at radius 1 is 1.24 bits per heavy atom. The van der Waals surface area contributed by atoms with Crippen LogP contribution in [0, 0.1) is 12.3 Å². The molecule has 1 aromatic rings. The van der Waals surface area contributed by atoms with Crippen LogP contribution in [0.5, 0.6) is 0 Å². The number of hydrogen-bond donors (Lipinski definition) is 1. The molecule has 0 aliphatic carbocycles. The molecule has 2 amide bonds. The van der Waals surface area contributed by atoms with Crippen LogP contribution < -0.4 is 10.2 Å². The molecule has 3 aliphatic rings. The van der Waals surface area contributed by atoms with E-state index in [1.54, 1.807) is 0 Å². The standard InChI is InChI=1S/C20H27N3O2/c1-15-5-6-17-16(12-15)4-2-10-23(17)18(24)13-22-11-8-20(14-22)7-3-9-21-19(20)25/h5-6,12H,2-4,7-11,13-14H2,1H3,(H,21,25)/t20-/m0/s1. The maximum absolute atomic E-state index is 12.9. The van der Waals surface area contributed by atoms with Crippen molar-refractivity contribution in [2.75, 3.05) is 37.6 Å². The van der Waals surface area contributed by atoms with Gasteiger partial charge >= 0.3 is 0 Å². The Morgan fingerprint density at radius 2 is 2.12 bits per heavy atom. The van der Waals surface area contributed by atoms with Crippen LogP contribution in [-0.4, -0.2) is 49.4 Å². The van der Waals surface area contributed by atoms with E-state index in [0.717, 1.165) is 64.0 Å². The summed E-state index contributed by atoms with van der Waals surface area (Å²) in [5, 5.41) is 3.01. The first-order valence-corrected chi connectivity index (χ1v) is 9.48. The van der Waals surface area contributed by atoms with Crippen molar-refractivity contribution >= 4 is 17.5 Å². The predicted molar refractivity (Wildman–Crippen MR) is 97.6 cm³/mol. The van der Waals surface area contributed by atoms with E-state index in [2.05, 4.69) is 35.3 Å². The van der Waals surface area contributed by atoms with Crippen LogP contribution >= 0.6 is 0 Å². The highest BCUT2D eigenvalue weighted by Gasteiger charge is 2.46. The molecular weight excluding hydrogens is 314 g/mol. The molecule has 3 heterocycles. The Labute approximate surface area is 149 Å². The molecule has 0 bridgehead atoms. The highest BCUT2D eigenvalue weighted by Crippen LogP contribution is 2.37. The number of aryl methyl sites for hydroxylation is 2. The lowest BCUT2D eigenvalue weighted by Gasteiger charge is -2.33. The molecule has 25 heavy (non-hydrogen) atoms. The minimum Gasteiger partial charge on any atom is -0.356 e. The minimum absolute atomic E-state index is 0.165. The largest absolute Gasteiger partial charge is 0.356 e. The topological polar surface area (TPSA) is 52.7 Å². The van der Waals surface area contributed by atoms with Crippen LogP contribution in [0.15, 0.2) is 18.2 Å². The highest BCUT2D eigenvalue weighted by atomic mass is 16.2. The Hall–Kier alpha value is -1.88. The number of carbonyl (C=O) groups is 2. The first kappa shape index (κ1) is 16.6. The maximum atomic E-state index is 12.9. The summed E-state index contributed by atoms with van der Waals surface area (Å²) < 4.78 is 0. The van der Waals surface area contributed by atoms with Crippen molar-refractivity contribution in [1.82, 2.24) is 10.2 Å². The molecule has 1 aromatic carbocycles. The molecule has 1 atom stereocenters. The average Bonchev–Trinajstić information content (AvgIpc) is 3.00. The van der Waals surface area contributed by atoms with E-state index in [9.17, 15) is 9.59 Å². The second kappa shape index (κ2) is 6.45. The normalized spacial score (nSPS) is 26.6. The average molecular weight is 341 g/mol. The first-order valence-electron chi connectivity index (χ1n) is 9.48. The first-order chi connectivity index (χ1) is 12.1.